The topological polar surface area (TPSA) is 50.2 Å². The molecule has 0 bridgehead atoms. The summed E-state index contributed by atoms with van der Waals surface area (Å²) in [5.74, 6) is 0.00519. The number of imidazole rings is 1. The number of aromatic nitrogens is 2. The van der Waals surface area contributed by atoms with E-state index >= 15 is 0 Å². The van der Waals surface area contributed by atoms with E-state index in [2.05, 4.69) is 10.3 Å². The SMILES string of the molecule is Cn1cnc(C(=O)N2CCNC2)c1. The van der Waals surface area contributed by atoms with Gasteiger partial charge < -0.3 is 9.47 Å². The summed E-state index contributed by atoms with van der Waals surface area (Å²) < 4.78 is 1.77. The fourth-order valence-corrected chi connectivity index (χ4v) is 1.37. The van der Waals surface area contributed by atoms with Gasteiger partial charge in [0.15, 0.2) is 0 Å². The third kappa shape index (κ3) is 1.55. The predicted molar refractivity (Wildman–Crippen MR) is 47.1 cm³/mol. The van der Waals surface area contributed by atoms with Crippen molar-refractivity contribution in [1.29, 1.82) is 0 Å². The van der Waals surface area contributed by atoms with Crippen molar-refractivity contribution >= 4 is 5.91 Å². The molecule has 5 heteroatoms. The fourth-order valence-electron chi connectivity index (χ4n) is 1.37. The lowest BCUT2D eigenvalue weighted by Crippen LogP contribution is -2.29. The third-order valence-electron chi connectivity index (χ3n) is 2.07. The van der Waals surface area contributed by atoms with Crippen LogP contribution in [0, 0.1) is 0 Å². The smallest absolute Gasteiger partial charge is 0.275 e. The summed E-state index contributed by atoms with van der Waals surface area (Å²) in [5, 5.41) is 3.10. The first-order chi connectivity index (χ1) is 6.27. The van der Waals surface area contributed by atoms with Crippen LogP contribution < -0.4 is 5.32 Å². The van der Waals surface area contributed by atoms with E-state index in [0.717, 1.165) is 13.1 Å². The van der Waals surface area contributed by atoms with Gasteiger partial charge in [0.2, 0.25) is 0 Å². The standard InChI is InChI=1S/C8H12N4O/c1-11-4-7(10-6-11)8(13)12-3-2-9-5-12/h4,6,9H,2-3,5H2,1H3. The normalized spacial score (nSPS) is 16.5. The monoisotopic (exact) mass is 180 g/mol. The van der Waals surface area contributed by atoms with Gasteiger partial charge in [0, 0.05) is 26.3 Å². The molecule has 2 rings (SSSR count). The highest BCUT2D eigenvalue weighted by Gasteiger charge is 2.20. The molecule has 1 aliphatic rings. The van der Waals surface area contributed by atoms with Gasteiger partial charge in [-0.3, -0.25) is 10.1 Å². The first-order valence-electron chi connectivity index (χ1n) is 4.25. The number of amides is 1. The van der Waals surface area contributed by atoms with Gasteiger partial charge >= 0.3 is 0 Å². The van der Waals surface area contributed by atoms with E-state index in [0.29, 0.717) is 12.4 Å². The quantitative estimate of drug-likeness (QED) is 0.629. The van der Waals surface area contributed by atoms with Gasteiger partial charge in [-0.15, -0.1) is 0 Å². The zero-order valence-electron chi connectivity index (χ0n) is 7.53. The van der Waals surface area contributed by atoms with Crippen LogP contribution in [0.1, 0.15) is 10.5 Å². The number of hydrogen-bond acceptors (Lipinski definition) is 3. The highest BCUT2D eigenvalue weighted by atomic mass is 16.2. The maximum Gasteiger partial charge on any atom is 0.275 e. The molecular weight excluding hydrogens is 168 g/mol. The molecule has 1 aromatic rings. The molecule has 0 aromatic carbocycles. The molecule has 13 heavy (non-hydrogen) atoms. The molecule has 0 radical (unpaired) electrons. The van der Waals surface area contributed by atoms with Gasteiger partial charge in [-0.1, -0.05) is 0 Å². The van der Waals surface area contributed by atoms with Gasteiger partial charge in [-0.2, -0.15) is 0 Å². The average Bonchev–Trinajstić information content (AvgIpc) is 2.72. The van der Waals surface area contributed by atoms with E-state index in [1.165, 1.54) is 0 Å². The average molecular weight is 180 g/mol. The van der Waals surface area contributed by atoms with Crippen molar-refractivity contribution in [1.82, 2.24) is 19.8 Å². The Hall–Kier alpha value is -1.36. The molecule has 0 spiro atoms. The van der Waals surface area contributed by atoms with Crippen molar-refractivity contribution in [2.75, 3.05) is 19.8 Å². The summed E-state index contributed by atoms with van der Waals surface area (Å²) in [4.78, 5) is 17.4. The van der Waals surface area contributed by atoms with Crippen LogP contribution in [-0.4, -0.2) is 40.1 Å². The molecule has 1 amide bonds. The van der Waals surface area contributed by atoms with E-state index < -0.39 is 0 Å². The van der Waals surface area contributed by atoms with Gasteiger partial charge in [0.25, 0.3) is 5.91 Å². The van der Waals surface area contributed by atoms with Gasteiger partial charge in [0.1, 0.15) is 5.69 Å². The lowest BCUT2D eigenvalue weighted by Gasteiger charge is -2.11. The number of carbonyl (C=O) groups is 1. The Balaban J connectivity index is 2.12. The largest absolute Gasteiger partial charge is 0.340 e. The zero-order chi connectivity index (χ0) is 9.26. The van der Waals surface area contributed by atoms with E-state index in [4.69, 9.17) is 0 Å². The minimum atomic E-state index is 0.00519. The third-order valence-corrected chi connectivity index (χ3v) is 2.07. The maximum atomic E-state index is 11.7. The van der Waals surface area contributed by atoms with Crippen molar-refractivity contribution in [3.05, 3.63) is 18.2 Å². The Bertz CT molecular complexity index is 314. The van der Waals surface area contributed by atoms with Crippen molar-refractivity contribution in [3.8, 4) is 0 Å². The summed E-state index contributed by atoms with van der Waals surface area (Å²) in [6.07, 6.45) is 3.37. The van der Waals surface area contributed by atoms with E-state index in [1.807, 2.05) is 7.05 Å². The summed E-state index contributed by atoms with van der Waals surface area (Å²) in [7, 11) is 1.85. The zero-order valence-corrected chi connectivity index (χ0v) is 7.53. The molecule has 70 valence electrons. The van der Waals surface area contributed by atoms with Crippen LogP contribution in [0.25, 0.3) is 0 Å². The highest BCUT2D eigenvalue weighted by Crippen LogP contribution is 2.02. The maximum absolute atomic E-state index is 11.7. The van der Waals surface area contributed by atoms with Crippen LogP contribution in [0.5, 0.6) is 0 Å². The van der Waals surface area contributed by atoms with E-state index in [1.54, 1.807) is 22.0 Å². The van der Waals surface area contributed by atoms with Crippen LogP contribution >= 0.6 is 0 Å². The Kier molecular flexibility index (Phi) is 2.02. The fraction of sp³-hybridized carbons (Fsp3) is 0.500. The Morgan fingerprint density at radius 2 is 2.54 bits per heavy atom. The molecule has 5 nitrogen and oxygen atoms in total. The van der Waals surface area contributed by atoms with Crippen molar-refractivity contribution in [2.45, 2.75) is 0 Å². The van der Waals surface area contributed by atoms with Crippen LogP contribution in [0.15, 0.2) is 12.5 Å². The lowest BCUT2D eigenvalue weighted by molar-refractivity contribution is 0.0786. The molecule has 1 aromatic heterocycles. The molecular formula is C8H12N4O. The lowest BCUT2D eigenvalue weighted by atomic mass is 10.4. The summed E-state index contributed by atoms with van der Waals surface area (Å²) in [6, 6.07) is 0. The Morgan fingerprint density at radius 3 is 3.08 bits per heavy atom. The predicted octanol–water partition coefficient (Wildman–Crippen LogP) is -0.577. The minimum absolute atomic E-state index is 0.00519. The Morgan fingerprint density at radius 1 is 1.69 bits per heavy atom. The second-order valence-corrected chi connectivity index (χ2v) is 3.15. The van der Waals surface area contributed by atoms with Crippen molar-refractivity contribution in [2.24, 2.45) is 7.05 Å². The van der Waals surface area contributed by atoms with Crippen LogP contribution in [0.4, 0.5) is 0 Å². The molecule has 0 saturated carbocycles. The van der Waals surface area contributed by atoms with E-state index in [9.17, 15) is 4.79 Å². The number of rotatable bonds is 1. The number of aryl methyl sites for hydroxylation is 1. The van der Waals surface area contributed by atoms with Crippen molar-refractivity contribution < 1.29 is 4.79 Å². The van der Waals surface area contributed by atoms with Crippen LogP contribution in [-0.2, 0) is 7.05 Å². The first-order valence-corrected chi connectivity index (χ1v) is 4.25. The summed E-state index contributed by atoms with van der Waals surface area (Å²) >= 11 is 0. The number of nitrogens with zero attached hydrogens (tertiary/aromatic N) is 3. The summed E-state index contributed by atoms with van der Waals surface area (Å²) in [5.41, 5.74) is 0.520. The van der Waals surface area contributed by atoms with Gasteiger partial charge in [0.05, 0.1) is 13.0 Å². The molecule has 1 N–H and O–H groups in total. The van der Waals surface area contributed by atoms with Gasteiger partial charge in [-0.25, -0.2) is 4.98 Å². The van der Waals surface area contributed by atoms with Crippen molar-refractivity contribution in [3.63, 3.8) is 0 Å². The molecule has 0 aliphatic carbocycles. The van der Waals surface area contributed by atoms with Crippen LogP contribution in [0.2, 0.25) is 0 Å². The number of hydrogen-bond donors (Lipinski definition) is 1. The Labute approximate surface area is 76.4 Å². The summed E-state index contributed by atoms with van der Waals surface area (Å²) in [6.45, 7) is 2.28. The highest BCUT2D eigenvalue weighted by molar-refractivity contribution is 5.92. The minimum Gasteiger partial charge on any atom is -0.340 e. The molecule has 1 fully saturated rings. The molecule has 2 heterocycles. The number of carbonyl (C=O) groups excluding carboxylic acids is 1. The molecule has 0 unspecified atom stereocenters. The second-order valence-electron chi connectivity index (χ2n) is 3.15. The van der Waals surface area contributed by atoms with Crippen LogP contribution in [0.3, 0.4) is 0 Å². The molecule has 0 atom stereocenters. The first kappa shape index (κ1) is 8.25. The second kappa shape index (κ2) is 3.18. The van der Waals surface area contributed by atoms with Gasteiger partial charge in [-0.05, 0) is 0 Å². The van der Waals surface area contributed by atoms with E-state index in [-0.39, 0.29) is 5.91 Å². The number of nitrogens with one attached hydrogen (secondary N) is 1. The molecule has 1 saturated heterocycles. The molecule has 1 aliphatic heterocycles.